The van der Waals surface area contributed by atoms with Crippen molar-refractivity contribution in [2.24, 2.45) is 0 Å². The topological polar surface area (TPSA) is 12.0 Å². The minimum absolute atomic E-state index is 1.02. The van der Waals surface area contributed by atoms with E-state index in [9.17, 15) is 0 Å². The van der Waals surface area contributed by atoms with Crippen LogP contribution in [-0.2, 0) is 0 Å². The predicted molar refractivity (Wildman–Crippen MR) is 31.5 cm³/mol. The van der Waals surface area contributed by atoms with Crippen molar-refractivity contribution in [2.75, 3.05) is 11.9 Å². The molecule has 0 heterocycles. The maximum Gasteiger partial charge on any atom is 0.0160 e. The van der Waals surface area contributed by atoms with Crippen LogP contribution in [0.1, 0.15) is 0 Å². The van der Waals surface area contributed by atoms with Crippen LogP contribution in [-0.4, -0.2) is 11.9 Å². The first kappa shape index (κ1) is 5.87. The molecule has 0 aromatic rings. The van der Waals surface area contributed by atoms with Crippen molar-refractivity contribution in [1.29, 1.82) is 0 Å². The number of nitrogens with one attached hydrogen (secondary N) is 1. The van der Waals surface area contributed by atoms with Gasteiger partial charge in [-0.25, -0.2) is 0 Å². The molecule has 5 heavy (non-hydrogen) atoms. The zero-order chi connectivity index (χ0) is 4.12. The van der Waals surface area contributed by atoms with Gasteiger partial charge in [-0.3, -0.25) is 5.09 Å². The molecule has 0 rings (SSSR count). The molecule has 1 nitrogen and oxygen atoms in total. The van der Waals surface area contributed by atoms with E-state index in [1.165, 1.54) is 0 Å². The van der Waals surface area contributed by atoms with E-state index in [0.717, 1.165) is 11.9 Å². The van der Waals surface area contributed by atoms with Crippen molar-refractivity contribution in [3.05, 3.63) is 0 Å². The summed E-state index contributed by atoms with van der Waals surface area (Å²) in [5, 5.41) is 3.91. The Balaban J connectivity index is 2.19. The van der Waals surface area contributed by atoms with Gasteiger partial charge in [-0.1, -0.05) is 25.3 Å². The van der Waals surface area contributed by atoms with E-state index in [4.69, 9.17) is 0 Å². The Hall–Kier alpha value is 0.870. The largest absolute Gasteiger partial charge is 0.300 e. The third-order valence-electron chi connectivity index (χ3n) is 0.239. The van der Waals surface area contributed by atoms with E-state index in [2.05, 4.69) is 30.4 Å². The van der Waals surface area contributed by atoms with Crippen molar-refractivity contribution >= 4 is 25.3 Å². The molecule has 0 aromatic carbocycles. The third kappa shape index (κ3) is 4.87. The molecule has 0 saturated heterocycles. The van der Waals surface area contributed by atoms with Gasteiger partial charge in [0, 0.05) is 11.9 Å². The summed E-state index contributed by atoms with van der Waals surface area (Å²) in [6.45, 7) is 1.02. The Kier molecular flexibility index (Phi) is 5.72. The van der Waals surface area contributed by atoms with Crippen molar-refractivity contribution in [3.8, 4) is 0 Å². The van der Waals surface area contributed by atoms with Gasteiger partial charge >= 0.3 is 0 Å². The number of hydrogen-bond acceptors (Lipinski definition) is 1. The molecule has 0 radical (unpaired) electrons. The first-order valence-electron chi connectivity index (χ1n) is 1.41. The van der Waals surface area contributed by atoms with Gasteiger partial charge in [0.1, 0.15) is 0 Å². The fraction of sp³-hybridized carbons (Fsp3) is 1.00. The Morgan fingerprint density at radius 2 is 2.40 bits per heavy atom. The number of halogens is 1. The molecule has 0 bridgehead atoms. The number of hydrogen-bond donors (Lipinski definition) is 1. The molecule has 0 saturated carbocycles. The Morgan fingerprint density at radius 3 is 2.40 bits per heavy atom. The standard InChI is InChI=1S/C2H7BrNP/c3-1-2-4-5/h4H,1-2,5H2. The second-order valence-electron chi connectivity index (χ2n) is 0.643. The molecule has 32 valence electrons. The van der Waals surface area contributed by atoms with E-state index in [1.54, 1.807) is 0 Å². The minimum atomic E-state index is 1.02. The summed E-state index contributed by atoms with van der Waals surface area (Å²) >= 11 is 3.23. The summed E-state index contributed by atoms with van der Waals surface area (Å²) in [5.74, 6) is 0. The summed E-state index contributed by atoms with van der Waals surface area (Å²) < 4.78 is 0. The number of alkyl halides is 1. The van der Waals surface area contributed by atoms with E-state index in [1.807, 2.05) is 0 Å². The lowest BCUT2D eigenvalue weighted by Gasteiger charge is -1.83. The Morgan fingerprint density at radius 1 is 1.80 bits per heavy atom. The molecule has 0 aromatic heterocycles. The van der Waals surface area contributed by atoms with Crippen molar-refractivity contribution in [1.82, 2.24) is 5.09 Å². The highest BCUT2D eigenvalue weighted by atomic mass is 79.9. The van der Waals surface area contributed by atoms with Gasteiger partial charge in [0.05, 0.1) is 0 Å². The molecule has 3 heteroatoms. The second kappa shape index (κ2) is 4.87. The van der Waals surface area contributed by atoms with Gasteiger partial charge in [0.2, 0.25) is 0 Å². The van der Waals surface area contributed by atoms with Gasteiger partial charge in [0.25, 0.3) is 0 Å². The van der Waals surface area contributed by atoms with Crippen LogP contribution in [0.15, 0.2) is 0 Å². The Bertz CT molecular complexity index is 17.1. The Labute approximate surface area is 42.9 Å². The first-order chi connectivity index (χ1) is 2.41. The first-order valence-corrected chi connectivity index (χ1v) is 3.11. The van der Waals surface area contributed by atoms with Crippen molar-refractivity contribution in [3.63, 3.8) is 0 Å². The van der Waals surface area contributed by atoms with E-state index in [-0.39, 0.29) is 0 Å². The molecular weight excluding hydrogens is 149 g/mol. The lowest BCUT2D eigenvalue weighted by atomic mass is 10.8. The van der Waals surface area contributed by atoms with Gasteiger partial charge in [-0.05, 0) is 0 Å². The molecule has 0 aliphatic rings. The van der Waals surface area contributed by atoms with Crippen LogP contribution in [0.2, 0.25) is 0 Å². The molecule has 0 amide bonds. The average Bonchev–Trinajstić information content (AvgIpc) is 1.41. The predicted octanol–water partition coefficient (Wildman–Crippen LogP) is 0.761. The SMILES string of the molecule is PNCCBr. The van der Waals surface area contributed by atoms with Crippen LogP contribution >= 0.6 is 25.3 Å². The van der Waals surface area contributed by atoms with Gasteiger partial charge in [-0.15, -0.1) is 0 Å². The van der Waals surface area contributed by atoms with E-state index < -0.39 is 0 Å². The molecule has 0 aliphatic carbocycles. The molecule has 0 spiro atoms. The summed E-state index contributed by atoms with van der Waals surface area (Å²) in [4.78, 5) is 0. The molecular formula is C2H7BrNP. The highest BCUT2D eigenvalue weighted by molar-refractivity contribution is 9.09. The van der Waals surface area contributed by atoms with E-state index >= 15 is 0 Å². The van der Waals surface area contributed by atoms with Crippen LogP contribution in [0.25, 0.3) is 0 Å². The fourth-order valence-electron chi connectivity index (χ4n) is 0.0546. The molecule has 1 N–H and O–H groups in total. The quantitative estimate of drug-likeness (QED) is 0.459. The normalized spacial score (nSPS) is 8.40. The molecule has 0 aliphatic heterocycles. The summed E-state index contributed by atoms with van der Waals surface area (Å²) in [6.07, 6.45) is 0. The average molecular weight is 156 g/mol. The van der Waals surface area contributed by atoms with Crippen molar-refractivity contribution in [2.45, 2.75) is 0 Å². The van der Waals surface area contributed by atoms with E-state index in [0.29, 0.717) is 0 Å². The highest BCUT2D eigenvalue weighted by Crippen LogP contribution is 1.75. The lowest BCUT2D eigenvalue weighted by molar-refractivity contribution is 1.06. The van der Waals surface area contributed by atoms with Crippen LogP contribution in [0, 0.1) is 0 Å². The lowest BCUT2D eigenvalue weighted by Crippen LogP contribution is -1.98. The second-order valence-corrected chi connectivity index (χ2v) is 1.84. The van der Waals surface area contributed by atoms with Crippen LogP contribution < -0.4 is 5.09 Å². The summed E-state index contributed by atoms with van der Waals surface area (Å²) in [6, 6.07) is 0. The smallest absolute Gasteiger partial charge is 0.0160 e. The zero-order valence-electron chi connectivity index (χ0n) is 2.87. The van der Waals surface area contributed by atoms with Crippen LogP contribution in [0.3, 0.4) is 0 Å². The third-order valence-corrected chi connectivity index (χ3v) is 0.924. The van der Waals surface area contributed by atoms with Crippen LogP contribution in [0.4, 0.5) is 0 Å². The van der Waals surface area contributed by atoms with Gasteiger partial charge < -0.3 is 0 Å². The maximum absolute atomic E-state index is 3.23. The molecule has 0 fully saturated rings. The fourth-order valence-corrected chi connectivity index (χ4v) is 0.850. The zero-order valence-corrected chi connectivity index (χ0v) is 5.61. The van der Waals surface area contributed by atoms with Gasteiger partial charge in [0.15, 0.2) is 0 Å². The monoisotopic (exact) mass is 155 g/mol. The molecule has 1 atom stereocenters. The van der Waals surface area contributed by atoms with Crippen LogP contribution in [0.5, 0.6) is 0 Å². The maximum atomic E-state index is 3.23. The summed E-state index contributed by atoms with van der Waals surface area (Å²) in [7, 11) is 2.42. The minimum Gasteiger partial charge on any atom is -0.300 e. The summed E-state index contributed by atoms with van der Waals surface area (Å²) in [5.41, 5.74) is 0. The molecule has 1 unspecified atom stereocenters. The van der Waals surface area contributed by atoms with Crippen molar-refractivity contribution < 1.29 is 0 Å². The van der Waals surface area contributed by atoms with Gasteiger partial charge in [-0.2, -0.15) is 0 Å². The highest BCUT2D eigenvalue weighted by Gasteiger charge is 1.66. The number of rotatable bonds is 2.